The molecule has 3 nitrogen and oxygen atoms in total. The van der Waals surface area contributed by atoms with Crippen molar-refractivity contribution < 1.29 is 13.9 Å². The molecule has 38 heavy (non-hydrogen) atoms. The maximum absolute atomic E-state index is 14.3. The summed E-state index contributed by atoms with van der Waals surface area (Å²) in [4.78, 5) is 0. The lowest BCUT2D eigenvalue weighted by Crippen LogP contribution is -2.36. The Labute approximate surface area is 228 Å². The van der Waals surface area contributed by atoms with Gasteiger partial charge in [0.2, 0.25) is 0 Å². The molecule has 0 saturated carbocycles. The maximum atomic E-state index is 14.3. The van der Waals surface area contributed by atoms with E-state index >= 15 is 0 Å². The van der Waals surface area contributed by atoms with E-state index in [0.717, 1.165) is 40.3 Å². The number of hydrogen-bond acceptors (Lipinski definition) is 3. The molecule has 0 radical (unpaired) electrons. The Morgan fingerprint density at radius 1 is 0.737 bits per heavy atom. The van der Waals surface area contributed by atoms with Crippen LogP contribution in [0.25, 0.3) is 0 Å². The summed E-state index contributed by atoms with van der Waals surface area (Å²) < 4.78 is 25.9. The Kier molecular flexibility index (Phi) is 9.69. The van der Waals surface area contributed by atoms with Gasteiger partial charge in [-0.05, 0) is 78.5 Å². The Bertz CT molecular complexity index is 1320. The van der Waals surface area contributed by atoms with Crippen molar-refractivity contribution in [2.24, 2.45) is 0 Å². The molecule has 0 aliphatic rings. The van der Waals surface area contributed by atoms with Gasteiger partial charge in [0.15, 0.2) is 6.79 Å². The van der Waals surface area contributed by atoms with Gasteiger partial charge < -0.3 is 14.8 Å². The van der Waals surface area contributed by atoms with Crippen molar-refractivity contribution in [2.75, 3.05) is 13.9 Å². The third kappa shape index (κ3) is 8.23. The summed E-state index contributed by atoms with van der Waals surface area (Å²) in [6.07, 6.45) is 1.58. The molecule has 4 aromatic rings. The van der Waals surface area contributed by atoms with Crippen molar-refractivity contribution in [2.45, 2.75) is 45.7 Å². The first-order valence-electron chi connectivity index (χ1n) is 13.0. The van der Waals surface area contributed by atoms with Gasteiger partial charge in [0.1, 0.15) is 11.6 Å². The van der Waals surface area contributed by atoms with Gasteiger partial charge in [-0.25, -0.2) is 4.39 Å². The summed E-state index contributed by atoms with van der Waals surface area (Å²) in [6.45, 7) is 7.12. The maximum Gasteiger partial charge on any atom is 0.188 e. The Hall–Kier alpha value is -3.04. The highest BCUT2D eigenvalue weighted by molar-refractivity contribution is 7.55. The molecule has 4 aromatic carbocycles. The second-order valence-electron chi connectivity index (χ2n) is 10.5. The van der Waals surface area contributed by atoms with Gasteiger partial charge in [0, 0.05) is 30.9 Å². The van der Waals surface area contributed by atoms with E-state index in [1.54, 1.807) is 19.2 Å². The highest BCUT2D eigenvalue weighted by atomic mass is 31.1. The van der Waals surface area contributed by atoms with Crippen molar-refractivity contribution >= 4 is 19.2 Å². The van der Waals surface area contributed by atoms with E-state index in [1.165, 1.54) is 16.7 Å². The molecule has 1 N–H and O–H groups in total. The fourth-order valence-corrected chi connectivity index (χ4v) is 5.73. The van der Waals surface area contributed by atoms with Gasteiger partial charge >= 0.3 is 0 Å². The molecule has 0 spiro atoms. The summed E-state index contributed by atoms with van der Waals surface area (Å²) in [5.41, 5.74) is 5.73. The van der Waals surface area contributed by atoms with Crippen LogP contribution in [0.4, 0.5) is 4.39 Å². The Morgan fingerprint density at radius 2 is 1.39 bits per heavy atom. The molecule has 0 aliphatic carbocycles. The van der Waals surface area contributed by atoms with E-state index in [2.05, 4.69) is 86.8 Å². The SMILES string of the molecule is COCOc1c(Cc2ccccc2)cc(Cc2ccccc2)cc1Pc1ccc(F)cc1CNC(C)(C)C. The van der Waals surface area contributed by atoms with Crippen LogP contribution in [-0.4, -0.2) is 19.4 Å². The molecule has 0 aliphatic heterocycles. The Morgan fingerprint density at radius 3 is 2.03 bits per heavy atom. The van der Waals surface area contributed by atoms with Crippen LogP contribution in [-0.2, 0) is 24.1 Å². The van der Waals surface area contributed by atoms with Crippen LogP contribution in [0, 0.1) is 5.82 Å². The fourth-order valence-electron chi connectivity index (χ4n) is 4.35. The molecule has 0 bridgehead atoms. The minimum atomic E-state index is -0.220. The number of hydrogen-bond donors (Lipinski definition) is 1. The normalized spacial score (nSPS) is 11.8. The zero-order valence-electron chi connectivity index (χ0n) is 22.7. The van der Waals surface area contributed by atoms with Gasteiger partial charge in [-0.1, -0.05) is 81.4 Å². The van der Waals surface area contributed by atoms with Gasteiger partial charge in [0.05, 0.1) is 0 Å². The summed E-state index contributed by atoms with van der Waals surface area (Å²) >= 11 is 0. The minimum Gasteiger partial charge on any atom is -0.467 e. The van der Waals surface area contributed by atoms with E-state index in [9.17, 15) is 4.39 Å². The Balaban J connectivity index is 1.78. The predicted octanol–water partition coefficient (Wildman–Crippen LogP) is 6.51. The first-order chi connectivity index (χ1) is 18.3. The van der Waals surface area contributed by atoms with Crippen molar-refractivity contribution in [3.8, 4) is 5.75 Å². The van der Waals surface area contributed by atoms with E-state index in [4.69, 9.17) is 9.47 Å². The lowest BCUT2D eigenvalue weighted by molar-refractivity contribution is 0.0513. The molecular formula is C33H37FNO2P. The van der Waals surface area contributed by atoms with Gasteiger partial charge in [-0.2, -0.15) is 0 Å². The number of rotatable bonds is 11. The summed E-state index contributed by atoms with van der Waals surface area (Å²) in [7, 11) is 1.94. The summed E-state index contributed by atoms with van der Waals surface area (Å²) in [6, 6.07) is 30.6. The van der Waals surface area contributed by atoms with E-state index in [1.807, 2.05) is 18.2 Å². The molecule has 4 rings (SSSR count). The second kappa shape index (κ2) is 13.2. The third-order valence-corrected chi connectivity index (χ3v) is 7.58. The highest BCUT2D eigenvalue weighted by Crippen LogP contribution is 2.30. The summed E-state index contributed by atoms with van der Waals surface area (Å²) in [5, 5.41) is 5.72. The van der Waals surface area contributed by atoms with Crippen LogP contribution < -0.4 is 20.7 Å². The molecular weight excluding hydrogens is 492 g/mol. The topological polar surface area (TPSA) is 30.5 Å². The highest BCUT2D eigenvalue weighted by Gasteiger charge is 2.17. The predicted molar refractivity (Wildman–Crippen MR) is 158 cm³/mol. The van der Waals surface area contributed by atoms with Crippen LogP contribution >= 0.6 is 8.58 Å². The fraction of sp³-hybridized carbons (Fsp3) is 0.273. The van der Waals surface area contributed by atoms with Crippen LogP contribution in [0.15, 0.2) is 91.0 Å². The molecule has 0 aromatic heterocycles. The average Bonchev–Trinajstić information content (AvgIpc) is 2.89. The monoisotopic (exact) mass is 529 g/mol. The van der Waals surface area contributed by atoms with E-state index in [0.29, 0.717) is 15.1 Å². The van der Waals surface area contributed by atoms with E-state index in [-0.39, 0.29) is 18.1 Å². The van der Waals surface area contributed by atoms with Crippen LogP contribution in [0.3, 0.4) is 0 Å². The number of halogens is 1. The van der Waals surface area contributed by atoms with Gasteiger partial charge in [0.25, 0.3) is 0 Å². The van der Waals surface area contributed by atoms with Gasteiger partial charge in [-0.3, -0.25) is 0 Å². The zero-order chi connectivity index (χ0) is 27.0. The molecule has 1 atom stereocenters. The average molecular weight is 530 g/mol. The van der Waals surface area contributed by atoms with Crippen molar-refractivity contribution in [1.82, 2.24) is 5.32 Å². The smallest absolute Gasteiger partial charge is 0.188 e. The molecule has 0 saturated heterocycles. The molecule has 0 amide bonds. The molecule has 1 unspecified atom stereocenters. The number of methoxy groups -OCH3 is 1. The second-order valence-corrected chi connectivity index (χ2v) is 11.9. The quantitative estimate of drug-likeness (QED) is 0.178. The molecule has 5 heteroatoms. The summed E-state index contributed by atoms with van der Waals surface area (Å²) in [5.74, 6) is 0.632. The molecule has 0 fully saturated rings. The van der Waals surface area contributed by atoms with Gasteiger partial charge in [-0.15, -0.1) is 0 Å². The third-order valence-electron chi connectivity index (χ3n) is 6.18. The van der Waals surface area contributed by atoms with Crippen LogP contribution in [0.1, 0.15) is 48.6 Å². The number of ether oxygens (including phenoxy) is 2. The first kappa shape index (κ1) is 28.0. The van der Waals surface area contributed by atoms with Crippen molar-refractivity contribution in [1.29, 1.82) is 0 Å². The number of nitrogens with one attached hydrogen (secondary N) is 1. The standard InChI is InChI=1S/C33H37FNO2P/c1-33(2,3)35-22-28-21-29(34)15-16-30(28)38-31-20-26(17-24-11-7-5-8-12-24)19-27(32(31)37-23-36-4)18-25-13-9-6-10-14-25/h5-16,19-21,35,38H,17-18,22-23H2,1-4H3. The lowest BCUT2D eigenvalue weighted by Gasteiger charge is -2.22. The largest absolute Gasteiger partial charge is 0.467 e. The van der Waals surface area contributed by atoms with Crippen LogP contribution in [0.2, 0.25) is 0 Å². The van der Waals surface area contributed by atoms with Crippen molar-refractivity contribution in [3.05, 3.63) is 125 Å². The lowest BCUT2D eigenvalue weighted by atomic mass is 9.98. The van der Waals surface area contributed by atoms with Crippen molar-refractivity contribution in [3.63, 3.8) is 0 Å². The first-order valence-corrected chi connectivity index (χ1v) is 14.0. The van der Waals surface area contributed by atoms with Crippen LogP contribution in [0.5, 0.6) is 5.75 Å². The molecule has 198 valence electrons. The molecule has 0 heterocycles. The minimum absolute atomic E-state index is 0.0715. The number of benzene rings is 4. The van der Waals surface area contributed by atoms with E-state index < -0.39 is 0 Å². The zero-order valence-corrected chi connectivity index (χ0v) is 23.7.